The van der Waals surface area contributed by atoms with Gasteiger partial charge in [-0.1, -0.05) is 42.3 Å². The van der Waals surface area contributed by atoms with Crippen LogP contribution in [0.5, 0.6) is 0 Å². The fourth-order valence-corrected chi connectivity index (χ4v) is 3.93. The Morgan fingerprint density at radius 2 is 2.05 bits per heavy atom. The van der Waals surface area contributed by atoms with Crippen LogP contribution in [0.3, 0.4) is 0 Å². The Labute approximate surface area is 134 Å². The van der Waals surface area contributed by atoms with Gasteiger partial charge in [0.2, 0.25) is 10.0 Å². The van der Waals surface area contributed by atoms with E-state index in [2.05, 4.69) is 20.7 Å². The molecule has 0 aliphatic carbocycles. The Kier molecular flexibility index (Phi) is 6.37. The number of esters is 1. The second-order valence-electron chi connectivity index (χ2n) is 4.92. The van der Waals surface area contributed by atoms with Gasteiger partial charge in [-0.2, -0.15) is 4.72 Å². The second kappa shape index (κ2) is 7.38. The molecule has 1 N–H and O–H groups in total. The first-order valence-corrected chi connectivity index (χ1v) is 8.86. The molecule has 1 rings (SSSR count). The number of methoxy groups -OCH3 is 1. The molecule has 0 saturated heterocycles. The molecule has 0 spiro atoms. The third kappa shape index (κ3) is 4.52. The van der Waals surface area contributed by atoms with Gasteiger partial charge in [0.05, 0.1) is 12.0 Å². The molecule has 0 aliphatic rings. The Bertz CT molecular complexity index is 615. The molecule has 2 atom stereocenters. The summed E-state index contributed by atoms with van der Waals surface area (Å²) in [7, 11) is -2.56. The maximum atomic E-state index is 12.5. The van der Waals surface area contributed by atoms with E-state index in [9.17, 15) is 13.2 Å². The van der Waals surface area contributed by atoms with E-state index in [1.165, 1.54) is 13.2 Å². The normalized spacial score (nSPS) is 14.5. The zero-order chi connectivity index (χ0) is 16.2. The Balaban J connectivity index is 3.17. The number of hydrogen-bond donors (Lipinski definition) is 1. The average Bonchev–Trinajstić information content (AvgIpc) is 2.45. The highest BCUT2D eigenvalue weighted by atomic mass is 79.9. The van der Waals surface area contributed by atoms with Crippen LogP contribution >= 0.6 is 15.9 Å². The Morgan fingerprint density at radius 3 is 2.57 bits per heavy atom. The summed E-state index contributed by atoms with van der Waals surface area (Å²) in [6.07, 6.45) is 0.653. The molecule has 21 heavy (non-hydrogen) atoms. The molecule has 0 saturated carbocycles. The third-order valence-corrected chi connectivity index (χ3v) is 5.47. The van der Waals surface area contributed by atoms with Gasteiger partial charge in [-0.15, -0.1) is 0 Å². The number of rotatable bonds is 6. The summed E-state index contributed by atoms with van der Waals surface area (Å²) in [5.41, 5.74) is 0.610. The molecule has 0 unspecified atom stereocenters. The SMILES string of the molecule is CC[C@@H](C)[C@H](NS(=O)(=O)c1cc(Br)ccc1C)C(=O)OC. The topological polar surface area (TPSA) is 72.5 Å². The predicted octanol–water partition coefficient (Wildman–Crippen LogP) is 2.62. The minimum Gasteiger partial charge on any atom is -0.468 e. The van der Waals surface area contributed by atoms with Crippen molar-refractivity contribution in [2.75, 3.05) is 7.11 Å². The minimum absolute atomic E-state index is 0.147. The van der Waals surface area contributed by atoms with E-state index in [1.54, 1.807) is 26.0 Å². The molecule has 7 heteroatoms. The van der Waals surface area contributed by atoms with Crippen molar-refractivity contribution in [3.63, 3.8) is 0 Å². The minimum atomic E-state index is -3.80. The first-order chi connectivity index (χ1) is 9.72. The molecule has 118 valence electrons. The third-order valence-electron chi connectivity index (χ3n) is 3.39. The summed E-state index contributed by atoms with van der Waals surface area (Å²) in [5.74, 6) is -0.750. The van der Waals surface area contributed by atoms with Crippen molar-refractivity contribution < 1.29 is 17.9 Å². The van der Waals surface area contributed by atoms with Gasteiger partial charge in [-0.25, -0.2) is 8.42 Å². The van der Waals surface area contributed by atoms with Crippen molar-refractivity contribution in [3.05, 3.63) is 28.2 Å². The van der Waals surface area contributed by atoms with Crippen LogP contribution in [0.1, 0.15) is 25.8 Å². The number of benzene rings is 1. The van der Waals surface area contributed by atoms with Crippen molar-refractivity contribution in [1.82, 2.24) is 4.72 Å². The van der Waals surface area contributed by atoms with Gasteiger partial charge in [0.15, 0.2) is 0 Å². The molecule has 0 radical (unpaired) electrons. The van der Waals surface area contributed by atoms with E-state index in [0.717, 1.165) is 0 Å². The van der Waals surface area contributed by atoms with Crippen LogP contribution in [0.2, 0.25) is 0 Å². The second-order valence-corrected chi connectivity index (χ2v) is 7.52. The number of carbonyl (C=O) groups excluding carboxylic acids is 1. The van der Waals surface area contributed by atoms with E-state index < -0.39 is 22.0 Å². The van der Waals surface area contributed by atoms with Gasteiger partial charge < -0.3 is 4.74 Å². The highest BCUT2D eigenvalue weighted by Crippen LogP contribution is 2.22. The predicted molar refractivity (Wildman–Crippen MR) is 84.5 cm³/mol. The lowest BCUT2D eigenvalue weighted by Crippen LogP contribution is -2.45. The summed E-state index contributed by atoms with van der Waals surface area (Å²) in [6, 6.07) is 4.08. The van der Waals surface area contributed by atoms with Crippen LogP contribution in [0.15, 0.2) is 27.6 Å². The molecule has 0 aliphatic heterocycles. The summed E-state index contributed by atoms with van der Waals surface area (Å²) in [4.78, 5) is 12.0. The number of nitrogens with one attached hydrogen (secondary N) is 1. The van der Waals surface area contributed by atoms with Gasteiger partial charge in [-0.05, 0) is 30.5 Å². The lowest BCUT2D eigenvalue weighted by Gasteiger charge is -2.22. The van der Waals surface area contributed by atoms with Crippen molar-refractivity contribution in [1.29, 1.82) is 0 Å². The first-order valence-electron chi connectivity index (χ1n) is 6.59. The molecule has 0 bridgehead atoms. The van der Waals surface area contributed by atoms with Crippen molar-refractivity contribution in [2.24, 2.45) is 5.92 Å². The van der Waals surface area contributed by atoms with E-state index >= 15 is 0 Å². The van der Waals surface area contributed by atoms with Gasteiger partial charge in [0.1, 0.15) is 6.04 Å². The Hall–Kier alpha value is -0.920. The monoisotopic (exact) mass is 377 g/mol. The zero-order valence-electron chi connectivity index (χ0n) is 12.5. The number of hydrogen-bond acceptors (Lipinski definition) is 4. The van der Waals surface area contributed by atoms with Crippen molar-refractivity contribution >= 4 is 31.9 Å². The molecule has 5 nitrogen and oxygen atoms in total. The maximum absolute atomic E-state index is 12.5. The van der Waals surface area contributed by atoms with E-state index in [0.29, 0.717) is 16.5 Å². The van der Waals surface area contributed by atoms with E-state index in [-0.39, 0.29) is 10.8 Å². The number of ether oxygens (including phenoxy) is 1. The van der Waals surface area contributed by atoms with Crippen molar-refractivity contribution in [2.45, 2.75) is 38.1 Å². The average molecular weight is 378 g/mol. The maximum Gasteiger partial charge on any atom is 0.324 e. The van der Waals surface area contributed by atoms with Gasteiger partial charge in [-0.3, -0.25) is 4.79 Å². The number of sulfonamides is 1. The van der Waals surface area contributed by atoms with E-state index in [1.807, 2.05) is 6.92 Å². The van der Waals surface area contributed by atoms with Crippen molar-refractivity contribution in [3.8, 4) is 0 Å². The molecular formula is C14H20BrNO4S. The molecule has 0 fully saturated rings. The highest BCUT2D eigenvalue weighted by Gasteiger charge is 2.31. The quantitative estimate of drug-likeness (QED) is 0.773. The number of aryl methyl sites for hydroxylation is 1. The molecule has 0 amide bonds. The Morgan fingerprint density at radius 1 is 1.43 bits per heavy atom. The first kappa shape index (κ1) is 18.1. The van der Waals surface area contributed by atoms with Gasteiger partial charge in [0, 0.05) is 4.47 Å². The number of carbonyl (C=O) groups is 1. The molecule has 1 aromatic rings. The fourth-order valence-electron chi connectivity index (χ4n) is 1.85. The van der Waals surface area contributed by atoms with Gasteiger partial charge in [0.25, 0.3) is 0 Å². The standard InChI is InChI=1S/C14H20BrNO4S/c1-5-9(2)13(14(17)20-4)16-21(18,19)12-8-11(15)7-6-10(12)3/h6-9,13,16H,5H2,1-4H3/t9-,13+/m1/s1. The largest absolute Gasteiger partial charge is 0.468 e. The smallest absolute Gasteiger partial charge is 0.324 e. The number of halogens is 1. The molecule has 0 heterocycles. The molecule has 0 aromatic heterocycles. The lowest BCUT2D eigenvalue weighted by atomic mass is 10.0. The summed E-state index contributed by atoms with van der Waals surface area (Å²) in [5, 5.41) is 0. The fraction of sp³-hybridized carbons (Fsp3) is 0.500. The summed E-state index contributed by atoms with van der Waals surface area (Å²) in [6.45, 7) is 5.40. The van der Waals surface area contributed by atoms with Gasteiger partial charge >= 0.3 is 5.97 Å². The zero-order valence-corrected chi connectivity index (χ0v) is 14.9. The van der Waals surface area contributed by atoms with Crippen LogP contribution < -0.4 is 4.72 Å². The molecular weight excluding hydrogens is 358 g/mol. The summed E-state index contributed by atoms with van der Waals surface area (Å²) < 4.78 is 32.8. The lowest BCUT2D eigenvalue weighted by molar-refractivity contribution is -0.143. The van der Waals surface area contributed by atoms with E-state index in [4.69, 9.17) is 4.74 Å². The van der Waals surface area contributed by atoms with Crippen LogP contribution in [-0.4, -0.2) is 27.5 Å². The molecule has 1 aromatic carbocycles. The van der Waals surface area contributed by atoms with Crippen LogP contribution in [-0.2, 0) is 19.6 Å². The van der Waals surface area contributed by atoms with Crippen LogP contribution in [0.25, 0.3) is 0 Å². The van der Waals surface area contributed by atoms with Crippen LogP contribution in [0.4, 0.5) is 0 Å². The highest BCUT2D eigenvalue weighted by molar-refractivity contribution is 9.10. The van der Waals surface area contributed by atoms with Crippen LogP contribution in [0, 0.1) is 12.8 Å². The summed E-state index contributed by atoms with van der Waals surface area (Å²) >= 11 is 3.26.